The molecule has 0 saturated carbocycles. The van der Waals surface area contributed by atoms with Crippen molar-refractivity contribution in [3.05, 3.63) is 59.7 Å². The molecule has 9 heteroatoms. The van der Waals surface area contributed by atoms with Crippen LogP contribution in [0.2, 0.25) is 0 Å². The predicted octanol–water partition coefficient (Wildman–Crippen LogP) is 1.93. The minimum atomic E-state index is -3.72. The van der Waals surface area contributed by atoms with Gasteiger partial charge >= 0.3 is 0 Å². The van der Waals surface area contributed by atoms with E-state index < -0.39 is 28.5 Å². The molecule has 1 unspecified atom stereocenters. The van der Waals surface area contributed by atoms with E-state index in [1.807, 2.05) is 6.92 Å². The number of likely N-dealkylation sites (N-methyl/N-ethyl adjacent to an activating group) is 1. The molecular formula is C22H29N3O5S. The maximum absolute atomic E-state index is 13.2. The highest BCUT2D eigenvalue weighted by Crippen LogP contribution is 2.20. The Kier molecular flexibility index (Phi) is 8.04. The lowest BCUT2D eigenvalue weighted by Gasteiger charge is -2.31. The minimum Gasteiger partial charge on any atom is -0.497 e. The van der Waals surface area contributed by atoms with Crippen LogP contribution in [0.5, 0.6) is 5.75 Å². The van der Waals surface area contributed by atoms with Gasteiger partial charge in [0.2, 0.25) is 21.8 Å². The highest BCUT2D eigenvalue weighted by atomic mass is 32.2. The van der Waals surface area contributed by atoms with Crippen LogP contribution in [0.25, 0.3) is 0 Å². The summed E-state index contributed by atoms with van der Waals surface area (Å²) < 4.78 is 31.1. The Balaban J connectivity index is 2.34. The Morgan fingerprint density at radius 3 is 2.13 bits per heavy atom. The van der Waals surface area contributed by atoms with Gasteiger partial charge in [-0.05, 0) is 43.7 Å². The van der Waals surface area contributed by atoms with E-state index in [4.69, 9.17) is 4.74 Å². The van der Waals surface area contributed by atoms with Crippen molar-refractivity contribution in [3.63, 3.8) is 0 Å². The molecule has 0 spiro atoms. The van der Waals surface area contributed by atoms with E-state index in [0.29, 0.717) is 11.4 Å². The number of benzene rings is 2. The number of nitrogens with one attached hydrogen (secondary N) is 1. The molecule has 2 aromatic rings. The first-order chi connectivity index (χ1) is 14.6. The molecule has 0 aromatic heterocycles. The second-order valence-electron chi connectivity index (χ2n) is 7.27. The fourth-order valence-corrected chi connectivity index (χ4v) is 3.89. The summed E-state index contributed by atoms with van der Waals surface area (Å²) in [5.41, 5.74) is 2.14. The number of aryl methyl sites for hydroxylation is 1. The Labute approximate surface area is 183 Å². The van der Waals surface area contributed by atoms with Crippen molar-refractivity contribution in [3.8, 4) is 5.75 Å². The van der Waals surface area contributed by atoms with Gasteiger partial charge in [-0.25, -0.2) is 8.42 Å². The zero-order chi connectivity index (χ0) is 23.2. The molecule has 0 saturated heterocycles. The van der Waals surface area contributed by atoms with Gasteiger partial charge in [-0.1, -0.05) is 29.8 Å². The van der Waals surface area contributed by atoms with E-state index in [2.05, 4.69) is 5.32 Å². The molecule has 168 valence electrons. The average Bonchev–Trinajstić information content (AvgIpc) is 2.75. The van der Waals surface area contributed by atoms with Crippen LogP contribution in [-0.4, -0.2) is 58.1 Å². The number of hydrogen-bond donors (Lipinski definition) is 1. The zero-order valence-corrected chi connectivity index (χ0v) is 19.3. The van der Waals surface area contributed by atoms with Gasteiger partial charge in [0.25, 0.3) is 0 Å². The number of nitrogens with zero attached hydrogens (tertiary/aromatic N) is 2. The van der Waals surface area contributed by atoms with E-state index in [0.717, 1.165) is 21.7 Å². The molecule has 0 aliphatic rings. The molecule has 0 aliphatic heterocycles. The third kappa shape index (κ3) is 6.45. The molecule has 0 aliphatic carbocycles. The van der Waals surface area contributed by atoms with Crippen LogP contribution >= 0.6 is 0 Å². The lowest BCUT2D eigenvalue weighted by Crippen LogP contribution is -2.50. The number of anilines is 1. The monoisotopic (exact) mass is 447 g/mol. The molecule has 1 atom stereocenters. The Bertz CT molecular complexity index is 1000. The van der Waals surface area contributed by atoms with E-state index in [9.17, 15) is 18.0 Å². The van der Waals surface area contributed by atoms with Crippen molar-refractivity contribution in [2.24, 2.45) is 0 Å². The van der Waals surface area contributed by atoms with Gasteiger partial charge in [-0.3, -0.25) is 13.9 Å². The number of carbonyl (C=O) groups excluding carboxylic acids is 2. The molecular weight excluding hydrogens is 418 g/mol. The maximum Gasteiger partial charge on any atom is 0.244 e. The first-order valence-electron chi connectivity index (χ1n) is 9.75. The van der Waals surface area contributed by atoms with Crippen LogP contribution in [0.4, 0.5) is 5.69 Å². The summed E-state index contributed by atoms with van der Waals surface area (Å²) in [6, 6.07) is 13.2. The summed E-state index contributed by atoms with van der Waals surface area (Å²) in [4.78, 5) is 26.9. The Morgan fingerprint density at radius 2 is 1.65 bits per heavy atom. The van der Waals surface area contributed by atoms with Gasteiger partial charge in [-0.2, -0.15) is 0 Å². The van der Waals surface area contributed by atoms with Gasteiger partial charge in [0.05, 0.1) is 19.1 Å². The van der Waals surface area contributed by atoms with Gasteiger partial charge in [-0.15, -0.1) is 0 Å². The van der Waals surface area contributed by atoms with Gasteiger partial charge in [0, 0.05) is 13.6 Å². The van der Waals surface area contributed by atoms with Crippen molar-refractivity contribution in [2.75, 3.05) is 31.3 Å². The molecule has 31 heavy (non-hydrogen) atoms. The molecule has 0 radical (unpaired) electrons. The van der Waals surface area contributed by atoms with E-state index >= 15 is 0 Å². The van der Waals surface area contributed by atoms with Crippen LogP contribution in [0, 0.1) is 6.92 Å². The molecule has 0 heterocycles. The second-order valence-corrected chi connectivity index (χ2v) is 9.17. The first-order valence-corrected chi connectivity index (χ1v) is 11.6. The fraction of sp³-hybridized carbons (Fsp3) is 0.364. The molecule has 0 fully saturated rings. The van der Waals surface area contributed by atoms with Crippen molar-refractivity contribution in [1.82, 2.24) is 10.2 Å². The van der Waals surface area contributed by atoms with Crippen molar-refractivity contribution >= 4 is 27.5 Å². The molecule has 8 nitrogen and oxygen atoms in total. The number of hydrogen-bond acceptors (Lipinski definition) is 5. The molecule has 2 aromatic carbocycles. The molecule has 2 rings (SSSR count). The standard InChI is InChI=1S/C22H29N3O5S/c1-16-6-10-19(11-7-16)25(31(5,28)29)15-21(26)24(17(2)22(27)23-3)14-18-8-12-20(30-4)13-9-18/h6-13,17H,14-15H2,1-5H3,(H,23,27). The number of carbonyl (C=O) groups is 2. The van der Waals surface area contributed by atoms with Gasteiger partial charge in [0.1, 0.15) is 18.3 Å². The SMILES string of the molecule is CNC(=O)C(C)N(Cc1ccc(OC)cc1)C(=O)CN(c1ccc(C)cc1)S(C)(=O)=O. The lowest BCUT2D eigenvalue weighted by molar-refractivity contribution is -0.139. The second kappa shape index (κ2) is 10.3. The minimum absolute atomic E-state index is 0.142. The number of rotatable bonds is 9. The number of ether oxygens (including phenoxy) is 1. The van der Waals surface area contributed by atoms with Gasteiger partial charge in [0.15, 0.2) is 0 Å². The Morgan fingerprint density at radius 1 is 1.06 bits per heavy atom. The van der Waals surface area contributed by atoms with E-state index in [-0.39, 0.29) is 12.5 Å². The maximum atomic E-state index is 13.2. The number of methoxy groups -OCH3 is 1. The fourth-order valence-electron chi connectivity index (χ4n) is 3.04. The summed E-state index contributed by atoms with van der Waals surface area (Å²) in [5, 5.41) is 2.54. The van der Waals surface area contributed by atoms with Crippen molar-refractivity contribution in [1.29, 1.82) is 0 Å². The molecule has 0 bridgehead atoms. The number of amides is 2. The highest BCUT2D eigenvalue weighted by Gasteiger charge is 2.29. The molecule has 2 amide bonds. The average molecular weight is 448 g/mol. The summed E-state index contributed by atoms with van der Waals surface area (Å²) in [6.07, 6.45) is 1.05. The topological polar surface area (TPSA) is 96.0 Å². The quantitative estimate of drug-likeness (QED) is 0.634. The first kappa shape index (κ1) is 24.2. The lowest BCUT2D eigenvalue weighted by atomic mass is 10.1. The van der Waals surface area contributed by atoms with Crippen molar-refractivity contribution in [2.45, 2.75) is 26.4 Å². The third-order valence-corrected chi connectivity index (χ3v) is 6.07. The zero-order valence-electron chi connectivity index (χ0n) is 18.5. The largest absolute Gasteiger partial charge is 0.497 e. The van der Waals surface area contributed by atoms with E-state index in [1.54, 1.807) is 62.6 Å². The third-order valence-electron chi connectivity index (χ3n) is 4.93. The van der Waals surface area contributed by atoms with E-state index in [1.165, 1.54) is 11.9 Å². The summed E-state index contributed by atoms with van der Waals surface area (Å²) in [5.74, 6) is -0.162. The summed E-state index contributed by atoms with van der Waals surface area (Å²) >= 11 is 0. The van der Waals surface area contributed by atoms with Crippen LogP contribution in [0.15, 0.2) is 48.5 Å². The van der Waals surface area contributed by atoms with Crippen LogP contribution in [0.3, 0.4) is 0 Å². The van der Waals surface area contributed by atoms with Crippen LogP contribution < -0.4 is 14.4 Å². The number of sulfonamides is 1. The van der Waals surface area contributed by atoms with Crippen LogP contribution in [0.1, 0.15) is 18.1 Å². The Hall–Kier alpha value is -3.07. The van der Waals surface area contributed by atoms with Gasteiger partial charge < -0.3 is 15.0 Å². The normalized spacial score (nSPS) is 12.0. The summed E-state index contributed by atoms with van der Waals surface area (Å²) in [6.45, 7) is 3.22. The van der Waals surface area contributed by atoms with Crippen molar-refractivity contribution < 1.29 is 22.7 Å². The highest BCUT2D eigenvalue weighted by molar-refractivity contribution is 7.92. The predicted molar refractivity (Wildman–Crippen MR) is 120 cm³/mol. The van der Waals surface area contributed by atoms with Crippen LogP contribution in [-0.2, 0) is 26.2 Å². The molecule has 1 N–H and O–H groups in total. The summed E-state index contributed by atoms with van der Waals surface area (Å²) in [7, 11) is -0.675. The smallest absolute Gasteiger partial charge is 0.244 e.